The van der Waals surface area contributed by atoms with Crippen molar-refractivity contribution in [2.75, 3.05) is 50.0 Å². The van der Waals surface area contributed by atoms with E-state index in [9.17, 15) is 4.39 Å². The third-order valence-corrected chi connectivity index (χ3v) is 3.95. The van der Waals surface area contributed by atoms with Gasteiger partial charge in [-0.3, -0.25) is 9.88 Å². The predicted molar refractivity (Wildman–Crippen MR) is 71.6 cm³/mol. The van der Waals surface area contributed by atoms with Gasteiger partial charge in [-0.25, -0.2) is 4.39 Å². The van der Waals surface area contributed by atoms with E-state index in [0.717, 1.165) is 45.8 Å². The number of hydrogen-bond donors (Lipinski definition) is 1. The quantitative estimate of drug-likeness (QED) is 0.854. The molecule has 2 saturated heterocycles. The maximum absolute atomic E-state index is 13.8. The Morgan fingerprint density at radius 1 is 1.26 bits per heavy atom. The van der Waals surface area contributed by atoms with E-state index in [4.69, 9.17) is 10.5 Å². The van der Waals surface area contributed by atoms with Crippen LogP contribution in [0.15, 0.2) is 12.4 Å². The molecule has 6 heteroatoms. The third-order valence-electron chi connectivity index (χ3n) is 3.95. The van der Waals surface area contributed by atoms with Gasteiger partial charge in [-0.1, -0.05) is 0 Å². The molecule has 0 radical (unpaired) electrons. The average molecular weight is 266 g/mol. The highest BCUT2D eigenvalue weighted by atomic mass is 19.1. The number of pyridine rings is 1. The van der Waals surface area contributed by atoms with Gasteiger partial charge in [0.1, 0.15) is 0 Å². The minimum atomic E-state index is -0.336. The summed E-state index contributed by atoms with van der Waals surface area (Å²) in [4.78, 5) is 8.21. The second-order valence-corrected chi connectivity index (χ2v) is 5.10. The Morgan fingerprint density at radius 2 is 2.05 bits per heavy atom. The molecule has 0 bridgehead atoms. The van der Waals surface area contributed by atoms with Crippen molar-refractivity contribution in [3.63, 3.8) is 0 Å². The van der Waals surface area contributed by atoms with Gasteiger partial charge in [-0.15, -0.1) is 0 Å². The summed E-state index contributed by atoms with van der Waals surface area (Å²) in [6.07, 6.45) is 3.84. The SMILES string of the molecule is Nc1cncc(F)c1N1CCN(C2CCOC2)CC1. The highest BCUT2D eigenvalue weighted by Gasteiger charge is 2.28. The van der Waals surface area contributed by atoms with Crippen LogP contribution in [-0.2, 0) is 4.74 Å². The summed E-state index contributed by atoms with van der Waals surface area (Å²) in [5, 5.41) is 0. The van der Waals surface area contributed by atoms with Gasteiger partial charge < -0.3 is 15.4 Å². The molecular weight excluding hydrogens is 247 g/mol. The lowest BCUT2D eigenvalue weighted by molar-refractivity contribution is 0.139. The van der Waals surface area contributed by atoms with E-state index in [0.29, 0.717) is 17.4 Å². The Balaban J connectivity index is 1.66. The molecule has 2 aliphatic rings. The van der Waals surface area contributed by atoms with Crippen LogP contribution in [0.1, 0.15) is 6.42 Å². The normalized spacial score (nSPS) is 24.9. The van der Waals surface area contributed by atoms with Crippen molar-refractivity contribution in [3.8, 4) is 0 Å². The van der Waals surface area contributed by atoms with Crippen molar-refractivity contribution in [2.24, 2.45) is 0 Å². The van der Waals surface area contributed by atoms with Crippen LogP contribution in [0, 0.1) is 5.82 Å². The van der Waals surface area contributed by atoms with Gasteiger partial charge in [0.15, 0.2) is 5.82 Å². The summed E-state index contributed by atoms with van der Waals surface area (Å²) < 4.78 is 19.2. The van der Waals surface area contributed by atoms with Gasteiger partial charge in [0, 0.05) is 38.8 Å². The molecule has 0 aliphatic carbocycles. The number of anilines is 2. The van der Waals surface area contributed by atoms with Crippen LogP contribution in [0.4, 0.5) is 15.8 Å². The van der Waals surface area contributed by atoms with Gasteiger partial charge in [0.2, 0.25) is 0 Å². The van der Waals surface area contributed by atoms with E-state index >= 15 is 0 Å². The molecule has 1 aromatic rings. The number of piperazine rings is 1. The summed E-state index contributed by atoms with van der Waals surface area (Å²) in [6.45, 7) is 5.12. The number of ether oxygens (including phenoxy) is 1. The Kier molecular flexibility index (Phi) is 3.52. The monoisotopic (exact) mass is 266 g/mol. The van der Waals surface area contributed by atoms with E-state index in [1.54, 1.807) is 0 Å². The molecule has 0 spiro atoms. The average Bonchev–Trinajstić information content (AvgIpc) is 2.93. The molecule has 1 atom stereocenters. The number of nitrogens with two attached hydrogens (primary N) is 1. The summed E-state index contributed by atoms with van der Waals surface area (Å²) in [5.41, 5.74) is 6.74. The molecule has 3 rings (SSSR count). The highest BCUT2D eigenvalue weighted by Crippen LogP contribution is 2.27. The summed E-state index contributed by atoms with van der Waals surface area (Å²) in [7, 11) is 0. The van der Waals surface area contributed by atoms with Crippen LogP contribution >= 0.6 is 0 Å². The van der Waals surface area contributed by atoms with Crippen LogP contribution in [0.3, 0.4) is 0 Å². The first-order valence-electron chi connectivity index (χ1n) is 6.71. The first kappa shape index (κ1) is 12.6. The fourth-order valence-electron chi connectivity index (χ4n) is 2.90. The van der Waals surface area contributed by atoms with Crippen molar-refractivity contribution >= 4 is 11.4 Å². The zero-order chi connectivity index (χ0) is 13.2. The van der Waals surface area contributed by atoms with E-state index in [-0.39, 0.29) is 5.82 Å². The topological polar surface area (TPSA) is 54.6 Å². The lowest BCUT2D eigenvalue weighted by Gasteiger charge is -2.39. The molecule has 2 N–H and O–H groups in total. The second-order valence-electron chi connectivity index (χ2n) is 5.10. The zero-order valence-corrected chi connectivity index (χ0v) is 10.9. The molecule has 1 aromatic heterocycles. The van der Waals surface area contributed by atoms with E-state index in [1.165, 1.54) is 12.4 Å². The molecule has 3 heterocycles. The molecule has 104 valence electrons. The van der Waals surface area contributed by atoms with E-state index in [2.05, 4.69) is 9.88 Å². The van der Waals surface area contributed by atoms with E-state index in [1.807, 2.05) is 4.90 Å². The molecule has 2 aliphatic heterocycles. The molecule has 19 heavy (non-hydrogen) atoms. The summed E-state index contributed by atoms with van der Waals surface area (Å²) in [6, 6.07) is 0.529. The van der Waals surface area contributed by atoms with Gasteiger partial charge in [-0.2, -0.15) is 0 Å². The molecule has 0 amide bonds. The van der Waals surface area contributed by atoms with Crippen molar-refractivity contribution in [3.05, 3.63) is 18.2 Å². The number of aromatic nitrogens is 1. The third kappa shape index (κ3) is 2.50. The number of rotatable bonds is 2. The van der Waals surface area contributed by atoms with Crippen molar-refractivity contribution in [2.45, 2.75) is 12.5 Å². The zero-order valence-electron chi connectivity index (χ0n) is 10.9. The standard InChI is InChI=1S/C13H19FN4O/c14-11-7-16-8-12(15)13(11)18-4-2-17(3-5-18)10-1-6-19-9-10/h7-8,10H,1-6,9,15H2. The van der Waals surface area contributed by atoms with Crippen LogP contribution in [-0.4, -0.2) is 55.3 Å². The molecule has 5 nitrogen and oxygen atoms in total. The Hall–Kier alpha value is -1.40. The Bertz CT molecular complexity index is 422. The lowest BCUT2D eigenvalue weighted by atomic mass is 10.1. The van der Waals surface area contributed by atoms with Gasteiger partial charge in [0.25, 0.3) is 0 Å². The fraction of sp³-hybridized carbons (Fsp3) is 0.615. The fourth-order valence-corrected chi connectivity index (χ4v) is 2.90. The molecular formula is C13H19FN4O. The minimum Gasteiger partial charge on any atom is -0.396 e. The van der Waals surface area contributed by atoms with Crippen molar-refractivity contribution in [1.29, 1.82) is 0 Å². The molecule has 0 saturated carbocycles. The number of halogens is 1. The smallest absolute Gasteiger partial charge is 0.166 e. The Morgan fingerprint density at radius 3 is 2.68 bits per heavy atom. The van der Waals surface area contributed by atoms with Crippen LogP contribution < -0.4 is 10.6 Å². The first-order valence-corrected chi connectivity index (χ1v) is 6.71. The second kappa shape index (κ2) is 5.30. The maximum atomic E-state index is 13.8. The van der Waals surface area contributed by atoms with Crippen LogP contribution in [0.2, 0.25) is 0 Å². The first-order chi connectivity index (χ1) is 9.25. The number of nitrogen functional groups attached to an aromatic ring is 1. The van der Waals surface area contributed by atoms with Gasteiger partial charge >= 0.3 is 0 Å². The molecule has 1 unspecified atom stereocenters. The molecule has 2 fully saturated rings. The molecule has 0 aromatic carbocycles. The highest BCUT2D eigenvalue weighted by molar-refractivity contribution is 5.67. The Labute approximate surface area is 112 Å². The van der Waals surface area contributed by atoms with Crippen LogP contribution in [0.5, 0.6) is 0 Å². The number of nitrogens with zero attached hydrogens (tertiary/aromatic N) is 3. The van der Waals surface area contributed by atoms with Gasteiger partial charge in [0.05, 0.1) is 30.4 Å². The van der Waals surface area contributed by atoms with Crippen molar-refractivity contribution < 1.29 is 9.13 Å². The van der Waals surface area contributed by atoms with Crippen molar-refractivity contribution in [1.82, 2.24) is 9.88 Å². The van der Waals surface area contributed by atoms with Gasteiger partial charge in [-0.05, 0) is 6.42 Å². The summed E-state index contributed by atoms with van der Waals surface area (Å²) in [5.74, 6) is -0.336. The largest absolute Gasteiger partial charge is 0.396 e. The lowest BCUT2D eigenvalue weighted by Crippen LogP contribution is -2.51. The van der Waals surface area contributed by atoms with Crippen LogP contribution in [0.25, 0.3) is 0 Å². The maximum Gasteiger partial charge on any atom is 0.166 e. The minimum absolute atomic E-state index is 0.336. The van der Waals surface area contributed by atoms with E-state index < -0.39 is 0 Å². The summed E-state index contributed by atoms with van der Waals surface area (Å²) >= 11 is 0. The number of hydrogen-bond acceptors (Lipinski definition) is 5. The predicted octanol–water partition coefficient (Wildman–Crippen LogP) is 0.714.